The lowest BCUT2D eigenvalue weighted by Crippen LogP contribution is -2.15. The molecule has 0 atom stereocenters. The van der Waals surface area contributed by atoms with Crippen molar-refractivity contribution in [2.75, 3.05) is 19.5 Å². The minimum atomic E-state index is -0.0872. The van der Waals surface area contributed by atoms with Crippen LogP contribution in [0.3, 0.4) is 0 Å². The van der Waals surface area contributed by atoms with Crippen molar-refractivity contribution in [3.63, 3.8) is 0 Å². The minimum Gasteiger partial charge on any atom is -0.497 e. The molecular weight excluding hydrogens is 278 g/mol. The lowest BCUT2D eigenvalue weighted by molar-refractivity contribution is -0.115. The van der Waals surface area contributed by atoms with Gasteiger partial charge < -0.3 is 14.8 Å². The van der Waals surface area contributed by atoms with Gasteiger partial charge in [-0.3, -0.25) is 4.79 Å². The van der Waals surface area contributed by atoms with E-state index in [9.17, 15) is 4.79 Å². The van der Waals surface area contributed by atoms with E-state index in [0.29, 0.717) is 23.6 Å². The van der Waals surface area contributed by atoms with Gasteiger partial charge in [0.2, 0.25) is 5.91 Å². The number of methoxy groups -OCH3 is 2. The normalized spacial score (nSPS) is 10.1. The number of carbonyl (C=O) groups excluding carboxylic acids is 1. The van der Waals surface area contributed by atoms with Crippen molar-refractivity contribution in [2.45, 2.75) is 19.8 Å². The molecule has 4 heteroatoms. The van der Waals surface area contributed by atoms with Crippen molar-refractivity contribution >= 4 is 11.6 Å². The van der Waals surface area contributed by atoms with Crippen LogP contribution in [0.2, 0.25) is 0 Å². The van der Waals surface area contributed by atoms with Crippen LogP contribution in [0.1, 0.15) is 18.1 Å². The number of aryl methyl sites for hydroxylation is 1. The summed E-state index contributed by atoms with van der Waals surface area (Å²) in [6.07, 6.45) is 1.32. The predicted molar refractivity (Wildman–Crippen MR) is 87.7 cm³/mol. The lowest BCUT2D eigenvalue weighted by Gasteiger charge is -2.12. The number of carbonyl (C=O) groups is 1. The molecule has 116 valence electrons. The Morgan fingerprint density at radius 2 is 1.68 bits per heavy atom. The Kier molecular flexibility index (Phi) is 5.42. The van der Waals surface area contributed by atoms with Crippen molar-refractivity contribution < 1.29 is 14.3 Å². The highest BCUT2D eigenvalue weighted by Gasteiger charge is 2.10. The third-order valence-electron chi connectivity index (χ3n) is 3.48. The maximum atomic E-state index is 12.2. The van der Waals surface area contributed by atoms with Gasteiger partial charge in [-0.2, -0.15) is 0 Å². The quantitative estimate of drug-likeness (QED) is 0.888. The molecular formula is C18H21NO3. The molecule has 0 saturated carbocycles. The first-order valence-electron chi connectivity index (χ1n) is 7.26. The second kappa shape index (κ2) is 7.50. The highest BCUT2D eigenvalue weighted by molar-refractivity contribution is 5.94. The van der Waals surface area contributed by atoms with Gasteiger partial charge >= 0.3 is 0 Å². The summed E-state index contributed by atoms with van der Waals surface area (Å²) in [5.41, 5.74) is 2.85. The van der Waals surface area contributed by atoms with Crippen LogP contribution in [0.5, 0.6) is 11.5 Å². The van der Waals surface area contributed by atoms with Crippen LogP contribution in [0.15, 0.2) is 42.5 Å². The lowest BCUT2D eigenvalue weighted by atomic mass is 10.1. The van der Waals surface area contributed by atoms with Crippen molar-refractivity contribution in [3.05, 3.63) is 53.6 Å². The molecule has 0 spiro atoms. The fourth-order valence-electron chi connectivity index (χ4n) is 2.18. The summed E-state index contributed by atoms with van der Waals surface area (Å²) in [5, 5.41) is 2.87. The zero-order chi connectivity index (χ0) is 15.9. The molecule has 0 aliphatic heterocycles. The summed E-state index contributed by atoms with van der Waals surface area (Å²) in [7, 11) is 3.16. The Bertz CT molecular complexity index is 635. The number of anilines is 1. The van der Waals surface area contributed by atoms with Gasteiger partial charge in [0.1, 0.15) is 11.5 Å². The topological polar surface area (TPSA) is 47.6 Å². The first kappa shape index (κ1) is 15.9. The number of nitrogens with one attached hydrogen (secondary N) is 1. The summed E-state index contributed by atoms with van der Waals surface area (Å²) in [6, 6.07) is 13.4. The second-order valence-electron chi connectivity index (χ2n) is 4.96. The van der Waals surface area contributed by atoms with E-state index in [0.717, 1.165) is 12.0 Å². The third kappa shape index (κ3) is 4.01. The Morgan fingerprint density at radius 3 is 2.27 bits per heavy atom. The molecule has 0 aliphatic carbocycles. The van der Waals surface area contributed by atoms with E-state index in [2.05, 4.69) is 24.4 Å². The van der Waals surface area contributed by atoms with Crippen molar-refractivity contribution in [3.8, 4) is 11.5 Å². The Labute approximate surface area is 131 Å². The summed E-state index contributed by atoms with van der Waals surface area (Å²) in [5.74, 6) is 1.19. The number of amides is 1. The van der Waals surface area contributed by atoms with Crippen molar-refractivity contribution in [2.24, 2.45) is 0 Å². The van der Waals surface area contributed by atoms with Gasteiger partial charge in [0, 0.05) is 6.07 Å². The van der Waals surface area contributed by atoms with Crippen LogP contribution >= 0.6 is 0 Å². The predicted octanol–water partition coefficient (Wildman–Crippen LogP) is 3.45. The van der Waals surface area contributed by atoms with E-state index < -0.39 is 0 Å². The van der Waals surface area contributed by atoms with Gasteiger partial charge in [0.25, 0.3) is 0 Å². The molecule has 0 aliphatic rings. The van der Waals surface area contributed by atoms with E-state index in [4.69, 9.17) is 9.47 Å². The highest BCUT2D eigenvalue weighted by atomic mass is 16.5. The minimum absolute atomic E-state index is 0.0872. The molecule has 0 unspecified atom stereocenters. The molecule has 0 bridgehead atoms. The number of hydrogen-bond donors (Lipinski definition) is 1. The van der Waals surface area contributed by atoms with Gasteiger partial charge in [0.05, 0.1) is 26.3 Å². The largest absolute Gasteiger partial charge is 0.497 e. The maximum absolute atomic E-state index is 12.2. The zero-order valence-corrected chi connectivity index (χ0v) is 13.2. The Morgan fingerprint density at radius 1 is 1.00 bits per heavy atom. The molecule has 0 heterocycles. The first-order valence-corrected chi connectivity index (χ1v) is 7.26. The van der Waals surface area contributed by atoms with Crippen LogP contribution in [0.4, 0.5) is 5.69 Å². The number of benzene rings is 2. The number of rotatable bonds is 6. The molecule has 22 heavy (non-hydrogen) atoms. The Balaban J connectivity index is 2.07. The fourth-order valence-corrected chi connectivity index (χ4v) is 2.18. The molecule has 0 radical (unpaired) electrons. The van der Waals surface area contributed by atoms with E-state index >= 15 is 0 Å². The molecule has 0 fully saturated rings. The van der Waals surface area contributed by atoms with Gasteiger partial charge in [-0.25, -0.2) is 0 Å². The smallest absolute Gasteiger partial charge is 0.228 e. The molecule has 1 N–H and O–H groups in total. The summed E-state index contributed by atoms with van der Waals surface area (Å²) in [6.45, 7) is 2.11. The van der Waals surface area contributed by atoms with E-state index in [-0.39, 0.29) is 5.91 Å². The number of hydrogen-bond acceptors (Lipinski definition) is 3. The second-order valence-corrected chi connectivity index (χ2v) is 4.96. The van der Waals surface area contributed by atoms with E-state index in [1.165, 1.54) is 5.56 Å². The molecule has 2 aromatic carbocycles. The Hall–Kier alpha value is -2.49. The summed E-state index contributed by atoms with van der Waals surface area (Å²) >= 11 is 0. The van der Waals surface area contributed by atoms with Gasteiger partial charge in [-0.15, -0.1) is 0 Å². The summed E-state index contributed by atoms with van der Waals surface area (Å²) in [4.78, 5) is 12.2. The van der Waals surface area contributed by atoms with Crippen LogP contribution in [0.25, 0.3) is 0 Å². The molecule has 0 aromatic heterocycles. The monoisotopic (exact) mass is 299 g/mol. The molecule has 1 amide bonds. The zero-order valence-electron chi connectivity index (χ0n) is 13.2. The fraction of sp³-hybridized carbons (Fsp3) is 0.278. The van der Waals surface area contributed by atoms with Crippen LogP contribution in [0, 0.1) is 0 Å². The van der Waals surface area contributed by atoms with E-state index in [1.807, 2.05) is 12.1 Å². The molecule has 4 nitrogen and oxygen atoms in total. The molecule has 2 aromatic rings. The van der Waals surface area contributed by atoms with Crippen LogP contribution in [-0.4, -0.2) is 20.1 Å². The SMILES string of the molecule is CCc1ccc(CC(=O)Nc2cc(OC)ccc2OC)cc1. The van der Waals surface area contributed by atoms with Gasteiger partial charge in [-0.05, 0) is 29.7 Å². The van der Waals surface area contributed by atoms with Crippen LogP contribution < -0.4 is 14.8 Å². The molecule has 2 rings (SSSR count). The van der Waals surface area contributed by atoms with Crippen molar-refractivity contribution in [1.29, 1.82) is 0 Å². The maximum Gasteiger partial charge on any atom is 0.228 e. The first-order chi connectivity index (χ1) is 10.7. The molecule has 0 saturated heterocycles. The van der Waals surface area contributed by atoms with Crippen LogP contribution in [-0.2, 0) is 17.6 Å². The third-order valence-corrected chi connectivity index (χ3v) is 3.48. The number of ether oxygens (including phenoxy) is 2. The summed E-state index contributed by atoms with van der Waals surface area (Å²) < 4.78 is 10.4. The van der Waals surface area contributed by atoms with E-state index in [1.54, 1.807) is 32.4 Å². The average Bonchev–Trinajstić information content (AvgIpc) is 2.55. The average molecular weight is 299 g/mol. The highest BCUT2D eigenvalue weighted by Crippen LogP contribution is 2.28. The van der Waals surface area contributed by atoms with Gasteiger partial charge in [-0.1, -0.05) is 31.2 Å². The standard InChI is InChI=1S/C18H21NO3/c1-4-13-5-7-14(8-6-13)11-18(20)19-16-12-15(21-2)9-10-17(16)22-3/h5-10,12H,4,11H2,1-3H3,(H,19,20). The van der Waals surface area contributed by atoms with Crippen molar-refractivity contribution in [1.82, 2.24) is 0 Å². The van der Waals surface area contributed by atoms with Gasteiger partial charge in [0.15, 0.2) is 0 Å².